The van der Waals surface area contributed by atoms with Gasteiger partial charge in [0.1, 0.15) is 0 Å². The maximum absolute atomic E-state index is 14.0. The van der Waals surface area contributed by atoms with Crippen molar-refractivity contribution in [3.8, 4) is 0 Å². The van der Waals surface area contributed by atoms with Crippen molar-refractivity contribution in [1.29, 1.82) is 0 Å². The number of carbonyl (C=O) groups excluding carboxylic acids is 3. The molecule has 196 valence electrons. The highest BCUT2D eigenvalue weighted by molar-refractivity contribution is 6.35. The van der Waals surface area contributed by atoms with Crippen molar-refractivity contribution in [3.63, 3.8) is 0 Å². The SMILES string of the molecule is CCN(CC)c1ccc(NC2(NC(C)=O)C(=O)N(c3ccccc3Cl)N=C2NC(=O)c2ccccc2)cc1. The topological polar surface area (TPSA) is 106 Å². The van der Waals surface area contributed by atoms with Crippen LogP contribution in [0.15, 0.2) is 84.0 Å². The Balaban J connectivity index is 1.78. The zero-order valence-corrected chi connectivity index (χ0v) is 22.1. The number of para-hydroxylation sites is 1. The molecule has 3 amide bonds. The molecule has 1 unspecified atom stereocenters. The van der Waals surface area contributed by atoms with Crippen LogP contribution in [0, 0.1) is 0 Å². The van der Waals surface area contributed by atoms with Crippen molar-refractivity contribution in [2.45, 2.75) is 26.4 Å². The molecule has 1 aliphatic rings. The second-order valence-corrected chi connectivity index (χ2v) is 9.02. The highest BCUT2D eigenvalue weighted by atomic mass is 35.5. The Kier molecular flexibility index (Phi) is 7.97. The third-order valence-electron chi connectivity index (χ3n) is 6.11. The summed E-state index contributed by atoms with van der Waals surface area (Å²) in [7, 11) is 0. The summed E-state index contributed by atoms with van der Waals surface area (Å²) in [4.78, 5) is 41.8. The quantitative estimate of drug-likeness (QED) is 0.377. The molecule has 1 atom stereocenters. The van der Waals surface area contributed by atoms with Crippen LogP contribution in [0.4, 0.5) is 17.1 Å². The number of hydrogen-bond acceptors (Lipinski definition) is 6. The maximum Gasteiger partial charge on any atom is 0.302 e. The lowest BCUT2D eigenvalue weighted by molar-refractivity contribution is -0.127. The van der Waals surface area contributed by atoms with Gasteiger partial charge in [-0.3, -0.25) is 14.4 Å². The molecule has 3 aromatic carbocycles. The summed E-state index contributed by atoms with van der Waals surface area (Å²) in [6, 6.07) is 22.7. The van der Waals surface area contributed by atoms with Gasteiger partial charge in [0.05, 0.1) is 10.7 Å². The summed E-state index contributed by atoms with van der Waals surface area (Å²) in [6.45, 7) is 7.11. The minimum absolute atomic E-state index is 0.0979. The maximum atomic E-state index is 14.0. The van der Waals surface area contributed by atoms with E-state index in [1.165, 1.54) is 6.92 Å². The fourth-order valence-electron chi connectivity index (χ4n) is 4.24. The van der Waals surface area contributed by atoms with E-state index in [2.05, 4.69) is 39.8 Å². The predicted octanol–water partition coefficient (Wildman–Crippen LogP) is 4.22. The molecule has 38 heavy (non-hydrogen) atoms. The van der Waals surface area contributed by atoms with Crippen LogP contribution in [0.3, 0.4) is 0 Å². The molecule has 0 saturated heterocycles. The fraction of sp³-hybridized carbons (Fsp3) is 0.214. The first kappa shape index (κ1) is 26.7. The number of anilines is 3. The van der Waals surface area contributed by atoms with Gasteiger partial charge in [-0.15, -0.1) is 5.10 Å². The summed E-state index contributed by atoms with van der Waals surface area (Å²) in [5.41, 5.74) is 0.295. The summed E-state index contributed by atoms with van der Waals surface area (Å²) < 4.78 is 0. The first-order valence-corrected chi connectivity index (χ1v) is 12.6. The van der Waals surface area contributed by atoms with E-state index in [4.69, 9.17) is 11.6 Å². The number of hydrogen-bond donors (Lipinski definition) is 3. The Morgan fingerprint density at radius 3 is 2.18 bits per heavy atom. The van der Waals surface area contributed by atoms with E-state index in [0.29, 0.717) is 16.9 Å². The number of nitrogens with zero attached hydrogens (tertiary/aromatic N) is 3. The smallest absolute Gasteiger partial charge is 0.302 e. The number of amidine groups is 1. The number of carbonyl (C=O) groups is 3. The molecule has 0 fully saturated rings. The molecule has 9 nitrogen and oxygen atoms in total. The van der Waals surface area contributed by atoms with Crippen molar-refractivity contribution in [2.75, 3.05) is 28.3 Å². The van der Waals surface area contributed by atoms with Gasteiger partial charge in [-0.1, -0.05) is 41.9 Å². The number of nitrogens with one attached hydrogen (secondary N) is 3. The zero-order chi connectivity index (χ0) is 27.3. The van der Waals surface area contributed by atoms with E-state index in [9.17, 15) is 14.4 Å². The van der Waals surface area contributed by atoms with Crippen molar-refractivity contribution in [2.24, 2.45) is 5.10 Å². The number of benzene rings is 3. The van der Waals surface area contributed by atoms with Crippen LogP contribution in [0.1, 0.15) is 31.1 Å². The molecule has 0 saturated carbocycles. The van der Waals surface area contributed by atoms with E-state index < -0.39 is 23.4 Å². The molecular formula is C28H29ClN6O3. The second kappa shape index (κ2) is 11.4. The Bertz CT molecular complexity index is 1360. The summed E-state index contributed by atoms with van der Waals surface area (Å²) in [5.74, 6) is -1.74. The molecule has 3 N–H and O–H groups in total. The van der Waals surface area contributed by atoms with Crippen LogP contribution in [0.25, 0.3) is 0 Å². The summed E-state index contributed by atoms with van der Waals surface area (Å²) >= 11 is 6.39. The third kappa shape index (κ3) is 5.33. The molecule has 1 aliphatic heterocycles. The average molecular weight is 533 g/mol. The predicted molar refractivity (Wildman–Crippen MR) is 150 cm³/mol. The molecule has 0 bridgehead atoms. The molecule has 0 aromatic heterocycles. The van der Waals surface area contributed by atoms with Crippen molar-refractivity contribution < 1.29 is 14.4 Å². The zero-order valence-electron chi connectivity index (χ0n) is 21.4. The minimum Gasteiger partial charge on any atom is -0.372 e. The van der Waals surface area contributed by atoms with Gasteiger partial charge in [-0.2, -0.15) is 5.01 Å². The molecular weight excluding hydrogens is 504 g/mol. The fourth-order valence-corrected chi connectivity index (χ4v) is 4.45. The molecule has 0 aliphatic carbocycles. The standard InChI is InChI=1S/C28H29ClN6O3/c1-4-34(5-2)22-17-15-21(16-18-22)32-28(31-19(3)36)26(30-25(37)20-11-7-6-8-12-20)33-35(27(28)38)24-14-10-9-13-23(24)29/h6-18,32H,4-5H2,1-3H3,(H,31,36)(H,30,33,37). The Morgan fingerprint density at radius 2 is 1.58 bits per heavy atom. The van der Waals surface area contributed by atoms with Crippen molar-refractivity contribution in [3.05, 3.63) is 89.4 Å². The number of halogens is 1. The first-order valence-electron chi connectivity index (χ1n) is 12.3. The Morgan fingerprint density at radius 1 is 0.947 bits per heavy atom. The highest BCUT2D eigenvalue weighted by Gasteiger charge is 2.54. The van der Waals surface area contributed by atoms with E-state index >= 15 is 0 Å². The molecule has 4 rings (SSSR count). The highest BCUT2D eigenvalue weighted by Crippen LogP contribution is 2.33. The summed E-state index contributed by atoms with van der Waals surface area (Å²) in [6.07, 6.45) is 0. The largest absolute Gasteiger partial charge is 0.372 e. The molecule has 3 aromatic rings. The average Bonchev–Trinajstić information content (AvgIpc) is 3.16. The Labute approximate surface area is 226 Å². The Hall–Kier alpha value is -4.37. The number of hydrazone groups is 1. The minimum atomic E-state index is -1.91. The van der Waals surface area contributed by atoms with Crippen LogP contribution in [-0.2, 0) is 9.59 Å². The van der Waals surface area contributed by atoms with Crippen LogP contribution in [-0.4, -0.2) is 42.3 Å². The van der Waals surface area contributed by atoms with Gasteiger partial charge in [0.25, 0.3) is 11.6 Å². The van der Waals surface area contributed by atoms with Crippen LogP contribution < -0.4 is 25.9 Å². The van der Waals surface area contributed by atoms with Crippen LogP contribution in [0.5, 0.6) is 0 Å². The molecule has 0 spiro atoms. The van der Waals surface area contributed by atoms with Crippen molar-refractivity contribution >= 4 is 52.2 Å². The van der Waals surface area contributed by atoms with Crippen molar-refractivity contribution in [1.82, 2.24) is 10.6 Å². The van der Waals surface area contributed by atoms with Gasteiger partial charge in [0.15, 0.2) is 5.84 Å². The van der Waals surface area contributed by atoms with Crippen LogP contribution in [0.2, 0.25) is 5.02 Å². The summed E-state index contributed by atoms with van der Waals surface area (Å²) in [5, 5.41) is 14.4. The van der Waals surface area contributed by atoms with E-state index in [-0.39, 0.29) is 10.9 Å². The molecule has 1 heterocycles. The molecule has 0 radical (unpaired) electrons. The lowest BCUT2D eigenvalue weighted by Gasteiger charge is -2.32. The number of amides is 3. The third-order valence-corrected chi connectivity index (χ3v) is 6.43. The van der Waals surface area contributed by atoms with Gasteiger partial charge in [0, 0.05) is 37.0 Å². The van der Waals surface area contributed by atoms with Gasteiger partial charge in [-0.05, 0) is 62.4 Å². The molecule has 10 heteroatoms. The number of rotatable bonds is 8. The first-order chi connectivity index (χ1) is 18.3. The monoisotopic (exact) mass is 532 g/mol. The van der Waals surface area contributed by atoms with Gasteiger partial charge >= 0.3 is 5.91 Å². The van der Waals surface area contributed by atoms with Gasteiger partial charge in [-0.25, -0.2) is 0 Å². The second-order valence-electron chi connectivity index (χ2n) is 8.61. The normalized spacial score (nSPS) is 16.6. The van der Waals surface area contributed by atoms with E-state index in [1.807, 2.05) is 12.1 Å². The lowest BCUT2D eigenvalue weighted by atomic mass is 10.1. The van der Waals surface area contributed by atoms with Crippen LogP contribution >= 0.6 is 11.6 Å². The van der Waals surface area contributed by atoms with Gasteiger partial charge < -0.3 is 20.9 Å². The lowest BCUT2D eigenvalue weighted by Crippen LogP contribution is -2.67. The van der Waals surface area contributed by atoms with Gasteiger partial charge in [0.2, 0.25) is 5.91 Å². The van der Waals surface area contributed by atoms with E-state index in [0.717, 1.165) is 23.8 Å². The van der Waals surface area contributed by atoms with E-state index in [1.54, 1.807) is 66.7 Å².